The molecule has 3 heteroatoms. The van der Waals surface area contributed by atoms with E-state index in [0.717, 1.165) is 22.2 Å². The Hall–Kier alpha value is -3.07. The van der Waals surface area contributed by atoms with E-state index in [9.17, 15) is 0 Å². The van der Waals surface area contributed by atoms with Crippen molar-refractivity contribution in [2.75, 3.05) is 13.7 Å². The van der Waals surface area contributed by atoms with Crippen LogP contribution in [0.2, 0.25) is 0 Å². The summed E-state index contributed by atoms with van der Waals surface area (Å²) in [4.78, 5) is 4.64. The van der Waals surface area contributed by atoms with Crippen LogP contribution in [-0.2, 0) is 0 Å². The number of benzene rings is 2. The summed E-state index contributed by atoms with van der Waals surface area (Å²) in [5, 5.41) is 1.14. The third-order valence-corrected chi connectivity index (χ3v) is 3.61. The van der Waals surface area contributed by atoms with Crippen LogP contribution in [0.25, 0.3) is 23.1 Å². The van der Waals surface area contributed by atoms with Crippen LogP contribution < -0.4 is 9.47 Å². The molecule has 0 radical (unpaired) electrons. The molecular weight excluding hydrogens is 298 g/mol. The second-order valence-corrected chi connectivity index (χ2v) is 5.27. The Morgan fingerprint density at radius 2 is 1.88 bits per heavy atom. The number of aromatic nitrogens is 1. The van der Waals surface area contributed by atoms with Crippen molar-refractivity contribution in [2.24, 2.45) is 0 Å². The van der Waals surface area contributed by atoms with Crippen molar-refractivity contribution in [2.45, 2.75) is 0 Å². The first kappa shape index (κ1) is 15.8. The Morgan fingerprint density at radius 1 is 1.00 bits per heavy atom. The van der Waals surface area contributed by atoms with Gasteiger partial charge in [-0.1, -0.05) is 49.1 Å². The molecule has 0 amide bonds. The molecule has 3 rings (SSSR count). The number of ether oxygens (including phenoxy) is 2. The van der Waals surface area contributed by atoms with Gasteiger partial charge >= 0.3 is 0 Å². The van der Waals surface area contributed by atoms with Gasteiger partial charge in [0.25, 0.3) is 0 Å². The van der Waals surface area contributed by atoms with Gasteiger partial charge in [-0.05, 0) is 35.9 Å². The minimum absolute atomic E-state index is 0.451. The summed E-state index contributed by atoms with van der Waals surface area (Å²) < 4.78 is 10.9. The molecule has 24 heavy (non-hydrogen) atoms. The molecule has 120 valence electrons. The quantitative estimate of drug-likeness (QED) is 0.601. The van der Waals surface area contributed by atoms with Gasteiger partial charge in [-0.3, -0.25) is 0 Å². The summed E-state index contributed by atoms with van der Waals surface area (Å²) in [5.74, 6) is 1.41. The molecule has 3 aromatic rings. The third-order valence-electron chi connectivity index (χ3n) is 3.61. The van der Waals surface area contributed by atoms with E-state index in [4.69, 9.17) is 9.47 Å². The van der Waals surface area contributed by atoms with Gasteiger partial charge in [0, 0.05) is 5.39 Å². The molecule has 3 nitrogen and oxygen atoms in total. The van der Waals surface area contributed by atoms with Gasteiger partial charge in [-0.25, -0.2) is 4.98 Å². The maximum absolute atomic E-state index is 5.56. The fourth-order valence-corrected chi connectivity index (χ4v) is 2.41. The lowest BCUT2D eigenvalue weighted by Gasteiger charge is -2.09. The minimum Gasteiger partial charge on any atom is -0.493 e. The molecular formula is C21H19NO2. The Labute approximate surface area is 141 Å². The number of nitrogens with zero attached hydrogens (tertiary/aromatic N) is 1. The smallest absolute Gasteiger partial charge is 0.161 e. The summed E-state index contributed by atoms with van der Waals surface area (Å²) in [6, 6.07) is 18.0. The lowest BCUT2D eigenvalue weighted by Crippen LogP contribution is -1.96. The molecule has 0 aliphatic carbocycles. The Morgan fingerprint density at radius 3 is 2.71 bits per heavy atom. The van der Waals surface area contributed by atoms with E-state index in [1.165, 1.54) is 0 Å². The van der Waals surface area contributed by atoms with Gasteiger partial charge in [0.1, 0.15) is 6.61 Å². The summed E-state index contributed by atoms with van der Waals surface area (Å²) in [6.07, 6.45) is 5.71. The van der Waals surface area contributed by atoms with E-state index < -0.39 is 0 Å². The molecule has 0 unspecified atom stereocenters. The highest BCUT2D eigenvalue weighted by Crippen LogP contribution is 2.28. The molecule has 0 saturated heterocycles. The molecule has 2 aromatic carbocycles. The Bertz CT molecular complexity index is 884. The average molecular weight is 317 g/mol. The topological polar surface area (TPSA) is 31.4 Å². The van der Waals surface area contributed by atoms with Crippen molar-refractivity contribution in [3.05, 3.63) is 78.5 Å². The predicted molar refractivity (Wildman–Crippen MR) is 99.4 cm³/mol. The SMILES string of the molecule is C=CCOc1ccc(/C=C\c2ccc3ccccc3n2)cc1OC. The highest BCUT2D eigenvalue weighted by Gasteiger charge is 2.04. The average Bonchev–Trinajstić information content (AvgIpc) is 2.64. The van der Waals surface area contributed by atoms with Gasteiger partial charge < -0.3 is 9.47 Å². The van der Waals surface area contributed by atoms with Crippen molar-refractivity contribution in [3.63, 3.8) is 0 Å². The van der Waals surface area contributed by atoms with Crippen LogP contribution in [0.1, 0.15) is 11.3 Å². The lowest BCUT2D eigenvalue weighted by atomic mass is 10.1. The van der Waals surface area contributed by atoms with E-state index in [0.29, 0.717) is 18.1 Å². The van der Waals surface area contributed by atoms with Crippen LogP contribution in [0.4, 0.5) is 0 Å². The maximum Gasteiger partial charge on any atom is 0.161 e. The van der Waals surface area contributed by atoms with Gasteiger partial charge in [-0.15, -0.1) is 0 Å². The summed E-state index contributed by atoms with van der Waals surface area (Å²) in [5.41, 5.74) is 2.93. The minimum atomic E-state index is 0.451. The molecule has 0 aliphatic rings. The third kappa shape index (κ3) is 3.63. The van der Waals surface area contributed by atoms with E-state index in [1.54, 1.807) is 13.2 Å². The zero-order valence-electron chi connectivity index (χ0n) is 13.6. The van der Waals surface area contributed by atoms with Crippen molar-refractivity contribution in [1.82, 2.24) is 4.98 Å². The molecule has 1 heterocycles. The maximum atomic E-state index is 5.56. The van der Waals surface area contributed by atoms with E-state index in [1.807, 2.05) is 54.6 Å². The van der Waals surface area contributed by atoms with Crippen LogP contribution in [0.5, 0.6) is 11.5 Å². The first-order chi connectivity index (χ1) is 11.8. The molecule has 0 saturated carbocycles. The molecule has 0 atom stereocenters. The van der Waals surface area contributed by atoms with Gasteiger partial charge in [0.15, 0.2) is 11.5 Å². The Balaban J connectivity index is 1.83. The Kier molecular flexibility index (Phi) is 4.92. The predicted octanol–water partition coefficient (Wildman–Crippen LogP) is 4.98. The number of pyridine rings is 1. The first-order valence-electron chi connectivity index (χ1n) is 7.76. The highest BCUT2D eigenvalue weighted by molar-refractivity contribution is 5.80. The fourth-order valence-electron chi connectivity index (χ4n) is 2.41. The molecule has 0 fully saturated rings. The highest BCUT2D eigenvalue weighted by atomic mass is 16.5. The summed E-state index contributed by atoms with van der Waals surface area (Å²) in [7, 11) is 1.63. The number of hydrogen-bond acceptors (Lipinski definition) is 3. The van der Waals surface area contributed by atoms with Crippen LogP contribution in [-0.4, -0.2) is 18.7 Å². The first-order valence-corrected chi connectivity index (χ1v) is 7.76. The van der Waals surface area contributed by atoms with Crippen LogP contribution in [0.3, 0.4) is 0 Å². The van der Waals surface area contributed by atoms with Crippen molar-refractivity contribution >= 4 is 23.1 Å². The second-order valence-electron chi connectivity index (χ2n) is 5.27. The summed E-state index contributed by atoms with van der Waals surface area (Å²) >= 11 is 0. The zero-order chi connectivity index (χ0) is 16.8. The lowest BCUT2D eigenvalue weighted by molar-refractivity contribution is 0.326. The molecule has 0 spiro atoms. The molecule has 1 aromatic heterocycles. The normalized spacial score (nSPS) is 10.9. The largest absolute Gasteiger partial charge is 0.493 e. The zero-order valence-corrected chi connectivity index (χ0v) is 13.6. The molecule has 0 aliphatic heterocycles. The number of fused-ring (bicyclic) bond motifs is 1. The second kappa shape index (κ2) is 7.47. The van der Waals surface area contributed by atoms with Crippen molar-refractivity contribution < 1.29 is 9.47 Å². The van der Waals surface area contributed by atoms with Crippen LogP contribution in [0.15, 0.2) is 67.3 Å². The number of para-hydroxylation sites is 1. The van der Waals surface area contributed by atoms with Gasteiger partial charge in [-0.2, -0.15) is 0 Å². The van der Waals surface area contributed by atoms with Gasteiger partial charge in [0.05, 0.1) is 18.3 Å². The standard InChI is InChI=1S/C21H19NO2/c1-3-14-24-20-13-9-16(15-21(20)23-2)8-11-18-12-10-17-6-4-5-7-19(17)22-18/h3-13,15H,1,14H2,2H3/b11-8-. The number of rotatable bonds is 6. The van der Waals surface area contributed by atoms with Crippen LogP contribution in [0, 0.1) is 0 Å². The molecule has 0 bridgehead atoms. The van der Waals surface area contributed by atoms with E-state index >= 15 is 0 Å². The monoisotopic (exact) mass is 317 g/mol. The van der Waals surface area contributed by atoms with Gasteiger partial charge in [0.2, 0.25) is 0 Å². The van der Waals surface area contributed by atoms with E-state index in [-0.39, 0.29) is 0 Å². The van der Waals surface area contributed by atoms with Crippen molar-refractivity contribution in [1.29, 1.82) is 0 Å². The fraction of sp³-hybridized carbons (Fsp3) is 0.0952. The number of methoxy groups -OCH3 is 1. The van der Waals surface area contributed by atoms with E-state index in [2.05, 4.69) is 23.7 Å². The summed E-state index contributed by atoms with van der Waals surface area (Å²) in [6.45, 7) is 4.10. The number of hydrogen-bond donors (Lipinski definition) is 0. The van der Waals surface area contributed by atoms with Crippen LogP contribution >= 0.6 is 0 Å². The van der Waals surface area contributed by atoms with Crippen molar-refractivity contribution in [3.8, 4) is 11.5 Å². The molecule has 0 N–H and O–H groups in total.